The molecule has 7 heteroatoms. The van der Waals surface area contributed by atoms with Crippen LogP contribution in [0.3, 0.4) is 0 Å². The highest BCUT2D eigenvalue weighted by atomic mass is 16.5. The number of rotatable bonds is 3. The fraction of sp³-hybridized carbons (Fsp3) is 0.0556. The minimum atomic E-state index is -1.21. The van der Waals surface area contributed by atoms with Crippen LogP contribution in [0, 0.1) is 0 Å². The molecule has 1 heterocycles. The maximum absolute atomic E-state index is 11.1. The van der Waals surface area contributed by atoms with Gasteiger partial charge in [0.25, 0.3) is 0 Å². The Morgan fingerprint density at radius 2 is 1.96 bits per heavy atom. The van der Waals surface area contributed by atoms with Gasteiger partial charge in [0.1, 0.15) is 5.56 Å². The average molecular weight is 340 g/mol. The van der Waals surface area contributed by atoms with E-state index in [1.165, 1.54) is 13.2 Å². The number of carboxylic acid groups (broad SMARTS) is 1. The van der Waals surface area contributed by atoms with Crippen molar-refractivity contribution < 1.29 is 24.9 Å². The lowest BCUT2D eigenvalue weighted by atomic mass is 10.0. The van der Waals surface area contributed by atoms with Gasteiger partial charge in [-0.3, -0.25) is 0 Å². The monoisotopic (exact) mass is 340 g/mol. The fourth-order valence-corrected chi connectivity index (χ4v) is 2.57. The molecule has 0 spiro atoms. The van der Waals surface area contributed by atoms with E-state index in [1.54, 1.807) is 36.4 Å². The zero-order valence-corrected chi connectivity index (χ0v) is 13.3. The van der Waals surface area contributed by atoms with Gasteiger partial charge in [0.2, 0.25) is 0 Å². The molecule has 0 radical (unpaired) electrons. The number of hydrogen-bond donors (Lipinski definition) is 5. The van der Waals surface area contributed by atoms with Gasteiger partial charge in [-0.1, -0.05) is 12.1 Å². The SMILES string of the molecule is COc1cc(/C=C2\C=Cc3ccc(C(=O)O)c(O)c3N2)cc(N)c1O. The molecule has 0 aliphatic carbocycles. The van der Waals surface area contributed by atoms with Crippen molar-refractivity contribution in [1.82, 2.24) is 0 Å². The molecule has 0 saturated heterocycles. The zero-order valence-electron chi connectivity index (χ0n) is 13.3. The number of methoxy groups -OCH3 is 1. The Bertz CT molecular complexity index is 932. The van der Waals surface area contributed by atoms with Crippen LogP contribution in [0.15, 0.2) is 36.0 Å². The van der Waals surface area contributed by atoms with Crippen LogP contribution in [0.5, 0.6) is 17.2 Å². The molecule has 128 valence electrons. The number of ether oxygens (including phenoxy) is 1. The van der Waals surface area contributed by atoms with E-state index in [4.69, 9.17) is 15.6 Å². The van der Waals surface area contributed by atoms with Gasteiger partial charge in [-0.05, 0) is 35.9 Å². The number of hydrogen-bond acceptors (Lipinski definition) is 6. The second-order valence-electron chi connectivity index (χ2n) is 5.45. The number of allylic oxidation sites excluding steroid dienone is 1. The number of aromatic hydroxyl groups is 2. The van der Waals surface area contributed by atoms with E-state index in [9.17, 15) is 15.0 Å². The summed E-state index contributed by atoms with van der Waals surface area (Å²) in [5.74, 6) is -1.43. The van der Waals surface area contributed by atoms with E-state index >= 15 is 0 Å². The molecule has 1 aliphatic heterocycles. The summed E-state index contributed by atoms with van der Waals surface area (Å²) < 4.78 is 5.07. The first kappa shape index (κ1) is 16.3. The molecule has 0 amide bonds. The predicted molar refractivity (Wildman–Crippen MR) is 94.8 cm³/mol. The minimum Gasteiger partial charge on any atom is -0.505 e. The number of carbonyl (C=O) groups is 1. The Balaban J connectivity index is 2.01. The quantitative estimate of drug-likeness (QED) is 0.430. The molecule has 25 heavy (non-hydrogen) atoms. The van der Waals surface area contributed by atoms with E-state index in [-0.39, 0.29) is 28.5 Å². The number of nitrogen functional groups attached to an aromatic ring is 1. The van der Waals surface area contributed by atoms with Gasteiger partial charge in [-0.2, -0.15) is 0 Å². The second-order valence-corrected chi connectivity index (χ2v) is 5.45. The van der Waals surface area contributed by atoms with Gasteiger partial charge in [-0.25, -0.2) is 4.79 Å². The smallest absolute Gasteiger partial charge is 0.339 e. The molecule has 0 bridgehead atoms. The van der Waals surface area contributed by atoms with Crippen molar-refractivity contribution in [2.24, 2.45) is 0 Å². The maximum atomic E-state index is 11.1. The third kappa shape index (κ3) is 2.94. The lowest BCUT2D eigenvalue weighted by Crippen LogP contribution is -2.06. The lowest BCUT2D eigenvalue weighted by Gasteiger charge is -2.18. The average Bonchev–Trinajstić information content (AvgIpc) is 2.58. The number of nitrogens with two attached hydrogens (primary N) is 1. The highest BCUT2D eigenvalue weighted by molar-refractivity contribution is 5.96. The molecule has 0 fully saturated rings. The Hall–Kier alpha value is -3.61. The normalized spacial score (nSPS) is 14.0. The third-order valence-electron chi connectivity index (χ3n) is 3.82. The molecule has 2 aromatic rings. The standard InChI is InChI=1S/C18H16N2O5/c1-25-14-8-9(7-13(19)17(14)22)6-11-4-2-10-3-5-12(18(23)24)16(21)15(10)20-11/h2-8,20-22H,19H2,1H3,(H,23,24)/b11-6+. The molecule has 2 aromatic carbocycles. The van der Waals surface area contributed by atoms with Gasteiger partial charge in [0, 0.05) is 11.3 Å². The van der Waals surface area contributed by atoms with Crippen molar-refractivity contribution in [3.05, 3.63) is 52.7 Å². The molecule has 3 rings (SSSR count). The highest BCUT2D eigenvalue weighted by Gasteiger charge is 2.18. The number of phenols is 2. The Morgan fingerprint density at radius 3 is 2.64 bits per heavy atom. The number of nitrogens with one attached hydrogen (secondary N) is 1. The second kappa shape index (κ2) is 6.12. The summed E-state index contributed by atoms with van der Waals surface area (Å²) in [5.41, 5.74) is 7.99. The van der Waals surface area contributed by atoms with E-state index in [0.717, 1.165) is 0 Å². The number of benzene rings is 2. The number of carboxylic acids is 1. The molecule has 0 saturated carbocycles. The number of fused-ring (bicyclic) bond motifs is 1. The largest absolute Gasteiger partial charge is 0.505 e. The van der Waals surface area contributed by atoms with Gasteiger partial charge < -0.3 is 31.1 Å². The Morgan fingerprint density at radius 1 is 1.20 bits per heavy atom. The zero-order chi connectivity index (χ0) is 18.1. The maximum Gasteiger partial charge on any atom is 0.339 e. The van der Waals surface area contributed by atoms with E-state index in [1.807, 2.05) is 0 Å². The van der Waals surface area contributed by atoms with Crippen molar-refractivity contribution in [3.8, 4) is 17.2 Å². The minimum absolute atomic E-state index is 0.133. The first-order valence-corrected chi connectivity index (χ1v) is 7.33. The summed E-state index contributed by atoms with van der Waals surface area (Å²) >= 11 is 0. The van der Waals surface area contributed by atoms with Crippen LogP contribution < -0.4 is 15.8 Å². The van der Waals surface area contributed by atoms with E-state index < -0.39 is 5.97 Å². The van der Waals surface area contributed by atoms with E-state index in [0.29, 0.717) is 22.5 Å². The summed E-state index contributed by atoms with van der Waals surface area (Å²) in [7, 11) is 1.42. The van der Waals surface area contributed by atoms with Gasteiger partial charge in [0.05, 0.1) is 18.5 Å². The molecule has 0 aromatic heterocycles. The first-order valence-electron chi connectivity index (χ1n) is 7.33. The van der Waals surface area contributed by atoms with Gasteiger partial charge in [0.15, 0.2) is 17.2 Å². The van der Waals surface area contributed by atoms with Crippen LogP contribution in [0.25, 0.3) is 12.2 Å². The van der Waals surface area contributed by atoms with Crippen molar-refractivity contribution >= 4 is 29.5 Å². The van der Waals surface area contributed by atoms with Crippen molar-refractivity contribution in [2.75, 3.05) is 18.2 Å². The summed E-state index contributed by atoms with van der Waals surface area (Å²) in [6.45, 7) is 0. The first-order chi connectivity index (χ1) is 11.9. The summed E-state index contributed by atoms with van der Waals surface area (Å²) in [6, 6.07) is 6.14. The Kier molecular flexibility index (Phi) is 3.98. The molecule has 0 atom stereocenters. The molecule has 7 nitrogen and oxygen atoms in total. The van der Waals surface area contributed by atoms with Crippen LogP contribution in [0.2, 0.25) is 0 Å². The van der Waals surface area contributed by atoms with Crippen LogP contribution in [0.4, 0.5) is 11.4 Å². The predicted octanol–water partition coefficient (Wildman–Crippen LogP) is 2.87. The number of aromatic carboxylic acids is 1. The number of anilines is 2. The molecular formula is C18H16N2O5. The van der Waals surface area contributed by atoms with Crippen molar-refractivity contribution in [1.29, 1.82) is 0 Å². The topological polar surface area (TPSA) is 125 Å². The van der Waals surface area contributed by atoms with Crippen LogP contribution in [-0.2, 0) is 0 Å². The molecule has 6 N–H and O–H groups in total. The highest BCUT2D eigenvalue weighted by Crippen LogP contribution is 2.38. The lowest BCUT2D eigenvalue weighted by molar-refractivity contribution is 0.0694. The molecular weight excluding hydrogens is 324 g/mol. The summed E-state index contributed by atoms with van der Waals surface area (Å²) in [6.07, 6.45) is 5.26. The van der Waals surface area contributed by atoms with Gasteiger partial charge in [-0.15, -0.1) is 0 Å². The third-order valence-corrected chi connectivity index (χ3v) is 3.82. The van der Waals surface area contributed by atoms with Gasteiger partial charge >= 0.3 is 5.97 Å². The Labute approximate surface area is 143 Å². The van der Waals surface area contributed by atoms with Crippen molar-refractivity contribution in [2.45, 2.75) is 0 Å². The summed E-state index contributed by atoms with van der Waals surface area (Å²) in [5, 5.41) is 32.1. The van der Waals surface area contributed by atoms with Crippen molar-refractivity contribution in [3.63, 3.8) is 0 Å². The van der Waals surface area contributed by atoms with E-state index in [2.05, 4.69) is 5.32 Å². The summed E-state index contributed by atoms with van der Waals surface area (Å²) in [4.78, 5) is 11.1. The van der Waals surface area contributed by atoms with Crippen LogP contribution >= 0.6 is 0 Å². The molecule has 1 aliphatic rings. The fourth-order valence-electron chi connectivity index (χ4n) is 2.57. The van der Waals surface area contributed by atoms with Crippen LogP contribution in [-0.4, -0.2) is 28.4 Å². The number of phenolic OH excluding ortho intramolecular Hbond substituents is 1. The van der Waals surface area contributed by atoms with Crippen LogP contribution in [0.1, 0.15) is 21.5 Å². The molecule has 0 unspecified atom stereocenters.